The van der Waals surface area contributed by atoms with Crippen molar-refractivity contribution in [1.82, 2.24) is 34.1 Å². The van der Waals surface area contributed by atoms with E-state index in [4.69, 9.17) is 9.47 Å². The molecule has 4 aromatic heterocycles. The molecule has 2 fully saturated rings. The molecule has 5 heterocycles. The van der Waals surface area contributed by atoms with E-state index >= 15 is 0 Å². The van der Waals surface area contributed by atoms with Crippen molar-refractivity contribution >= 4 is 22.6 Å². The van der Waals surface area contributed by atoms with Gasteiger partial charge in [0.15, 0.2) is 5.65 Å². The van der Waals surface area contributed by atoms with Gasteiger partial charge >= 0.3 is 6.18 Å². The Morgan fingerprint density at radius 1 is 1.17 bits per heavy atom. The third kappa shape index (κ3) is 4.13. The minimum absolute atomic E-state index is 0.0295. The first-order valence-electron chi connectivity index (χ1n) is 11.5. The summed E-state index contributed by atoms with van der Waals surface area (Å²) in [6.07, 6.45) is 2.91. The molecule has 10 nitrogen and oxygen atoms in total. The summed E-state index contributed by atoms with van der Waals surface area (Å²) in [7, 11) is 1.94. The number of rotatable bonds is 5. The standard InChI is InChI=1S/C22H23F3N8O2/c1-32-11-27-16-6-18-30-31-19(33(18)8-17(16)32)12-3-2-4-13(5-12)28-21-26-7-15(22(23,24)25)20(29-21)35-14-9-34-10-14/h6-8,11-14H,2-5,9-10H2,1H3,(H,26,28,29)/t12-,13+/m0/s1. The molecule has 0 amide bonds. The van der Waals surface area contributed by atoms with Crippen molar-refractivity contribution in [1.29, 1.82) is 0 Å². The van der Waals surface area contributed by atoms with Gasteiger partial charge in [-0.1, -0.05) is 6.42 Å². The minimum Gasteiger partial charge on any atom is -0.469 e. The van der Waals surface area contributed by atoms with Gasteiger partial charge in [0.2, 0.25) is 11.8 Å². The largest absolute Gasteiger partial charge is 0.469 e. The summed E-state index contributed by atoms with van der Waals surface area (Å²) < 4.78 is 54.6. The quantitative estimate of drug-likeness (QED) is 0.456. The molecule has 4 aromatic rings. The molecule has 1 saturated carbocycles. The molecule has 1 saturated heterocycles. The third-order valence-corrected chi connectivity index (χ3v) is 6.60. The van der Waals surface area contributed by atoms with Gasteiger partial charge in [0, 0.05) is 37.5 Å². The molecule has 6 rings (SSSR count). The summed E-state index contributed by atoms with van der Waals surface area (Å²) in [5.41, 5.74) is 1.57. The number of alkyl halides is 3. The van der Waals surface area contributed by atoms with Crippen LogP contribution in [0.25, 0.3) is 16.7 Å². The molecule has 0 radical (unpaired) electrons. The summed E-state index contributed by atoms with van der Waals surface area (Å²) in [6.45, 7) is 0.484. The van der Waals surface area contributed by atoms with Gasteiger partial charge in [0.1, 0.15) is 17.5 Å². The van der Waals surface area contributed by atoms with Crippen molar-refractivity contribution < 1.29 is 22.6 Å². The van der Waals surface area contributed by atoms with Crippen LogP contribution in [0.15, 0.2) is 24.8 Å². The lowest BCUT2D eigenvalue weighted by Gasteiger charge is -2.29. The highest BCUT2D eigenvalue weighted by Gasteiger charge is 2.38. The van der Waals surface area contributed by atoms with E-state index in [-0.39, 0.29) is 31.1 Å². The number of nitrogens with one attached hydrogen (secondary N) is 1. The number of halogens is 3. The Kier molecular flexibility index (Phi) is 5.24. The fourth-order valence-electron chi connectivity index (χ4n) is 4.69. The summed E-state index contributed by atoms with van der Waals surface area (Å²) >= 11 is 0. The predicted octanol–water partition coefficient (Wildman–Crippen LogP) is 3.34. The van der Waals surface area contributed by atoms with Crippen LogP contribution in [-0.4, -0.2) is 59.5 Å². The van der Waals surface area contributed by atoms with Gasteiger partial charge in [0.05, 0.1) is 30.6 Å². The SMILES string of the molecule is Cn1cnc2cc3nnc([C@H]4CCC[C@@H](Nc5ncc(C(F)(F)F)c(OC6COC6)n5)C4)n3cc21. The highest BCUT2D eigenvalue weighted by molar-refractivity contribution is 5.78. The van der Waals surface area contributed by atoms with Gasteiger partial charge in [-0.2, -0.15) is 18.2 Å². The van der Waals surface area contributed by atoms with Crippen LogP contribution in [0.2, 0.25) is 0 Å². The Bertz CT molecular complexity index is 1380. The summed E-state index contributed by atoms with van der Waals surface area (Å²) in [5, 5.41) is 12.0. The van der Waals surface area contributed by atoms with Crippen LogP contribution in [-0.2, 0) is 18.0 Å². The second kappa shape index (κ2) is 8.33. The fraction of sp³-hybridized carbons (Fsp3) is 0.500. The van der Waals surface area contributed by atoms with Gasteiger partial charge in [-0.3, -0.25) is 4.40 Å². The van der Waals surface area contributed by atoms with Crippen LogP contribution in [0, 0.1) is 0 Å². The van der Waals surface area contributed by atoms with Crippen molar-refractivity contribution in [3.05, 3.63) is 36.2 Å². The minimum atomic E-state index is -4.61. The van der Waals surface area contributed by atoms with E-state index in [9.17, 15) is 13.2 Å². The van der Waals surface area contributed by atoms with Crippen LogP contribution >= 0.6 is 0 Å². The fourth-order valence-corrected chi connectivity index (χ4v) is 4.69. The molecule has 184 valence electrons. The average Bonchev–Trinajstić information content (AvgIpc) is 3.37. The van der Waals surface area contributed by atoms with E-state index in [1.54, 1.807) is 6.33 Å². The molecule has 0 aromatic carbocycles. The maximum atomic E-state index is 13.4. The number of anilines is 1. The Hall–Kier alpha value is -3.48. The molecule has 13 heteroatoms. The topological polar surface area (TPSA) is 104 Å². The molecule has 0 spiro atoms. The number of hydrogen-bond acceptors (Lipinski definition) is 8. The molecule has 0 bridgehead atoms. The molecule has 2 atom stereocenters. The summed E-state index contributed by atoms with van der Waals surface area (Å²) in [6, 6.07) is 1.88. The van der Waals surface area contributed by atoms with Gasteiger partial charge in [-0.05, 0) is 19.3 Å². The zero-order chi connectivity index (χ0) is 24.2. The molecule has 1 N–H and O–H groups in total. The highest BCUT2D eigenvalue weighted by atomic mass is 19.4. The zero-order valence-corrected chi connectivity index (χ0v) is 18.9. The first kappa shape index (κ1) is 22.0. The van der Waals surface area contributed by atoms with Crippen molar-refractivity contribution in [2.75, 3.05) is 18.5 Å². The van der Waals surface area contributed by atoms with E-state index < -0.39 is 23.7 Å². The second-order valence-electron chi connectivity index (χ2n) is 9.08. The molecular formula is C22H23F3N8O2. The second-order valence-corrected chi connectivity index (χ2v) is 9.08. The summed E-state index contributed by atoms with van der Waals surface area (Å²) in [5.74, 6) is 0.622. The van der Waals surface area contributed by atoms with Crippen LogP contribution in [0.4, 0.5) is 19.1 Å². The average molecular weight is 488 g/mol. The number of aryl methyl sites for hydroxylation is 1. The van der Waals surface area contributed by atoms with Gasteiger partial charge in [-0.25, -0.2) is 9.97 Å². The first-order valence-corrected chi connectivity index (χ1v) is 11.5. The number of ether oxygens (including phenoxy) is 2. The predicted molar refractivity (Wildman–Crippen MR) is 118 cm³/mol. The van der Waals surface area contributed by atoms with E-state index in [1.165, 1.54) is 0 Å². The lowest BCUT2D eigenvalue weighted by Crippen LogP contribution is -2.39. The number of hydrogen-bond donors (Lipinski definition) is 1. The summed E-state index contributed by atoms with van der Waals surface area (Å²) in [4.78, 5) is 12.4. The Balaban J connectivity index is 1.23. The Morgan fingerprint density at radius 3 is 2.80 bits per heavy atom. The normalized spacial score (nSPS) is 21.4. The maximum Gasteiger partial charge on any atom is 0.423 e. The zero-order valence-electron chi connectivity index (χ0n) is 18.9. The van der Waals surface area contributed by atoms with Crippen LogP contribution < -0.4 is 10.1 Å². The van der Waals surface area contributed by atoms with Crippen molar-refractivity contribution in [3.63, 3.8) is 0 Å². The van der Waals surface area contributed by atoms with Crippen LogP contribution in [0.1, 0.15) is 43.0 Å². The number of imidazole rings is 1. The van der Waals surface area contributed by atoms with Crippen LogP contribution in [0.3, 0.4) is 0 Å². The highest BCUT2D eigenvalue weighted by Crippen LogP contribution is 2.37. The Labute approximate surface area is 197 Å². The maximum absolute atomic E-state index is 13.4. The monoisotopic (exact) mass is 488 g/mol. The van der Waals surface area contributed by atoms with Crippen molar-refractivity contribution in [2.45, 2.75) is 49.9 Å². The third-order valence-electron chi connectivity index (χ3n) is 6.60. The number of fused-ring (bicyclic) bond motifs is 2. The molecular weight excluding hydrogens is 465 g/mol. The van der Waals surface area contributed by atoms with E-state index in [0.29, 0.717) is 0 Å². The van der Waals surface area contributed by atoms with E-state index in [2.05, 4.69) is 30.5 Å². The lowest BCUT2D eigenvalue weighted by atomic mass is 9.85. The van der Waals surface area contributed by atoms with Crippen molar-refractivity contribution in [3.8, 4) is 5.88 Å². The van der Waals surface area contributed by atoms with E-state index in [1.807, 2.05) is 28.3 Å². The lowest BCUT2D eigenvalue weighted by molar-refractivity contribution is -0.142. The number of aromatic nitrogens is 7. The Morgan fingerprint density at radius 2 is 2.03 bits per heavy atom. The number of pyridine rings is 1. The smallest absolute Gasteiger partial charge is 0.423 e. The van der Waals surface area contributed by atoms with Gasteiger partial charge < -0.3 is 19.4 Å². The molecule has 0 unspecified atom stereocenters. The van der Waals surface area contributed by atoms with Crippen LogP contribution in [0.5, 0.6) is 5.88 Å². The molecule has 1 aliphatic carbocycles. The molecule has 35 heavy (non-hydrogen) atoms. The number of nitrogens with zero attached hydrogens (tertiary/aromatic N) is 7. The van der Waals surface area contributed by atoms with Crippen molar-refractivity contribution in [2.24, 2.45) is 7.05 Å². The van der Waals surface area contributed by atoms with E-state index in [0.717, 1.165) is 54.4 Å². The van der Waals surface area contributed by atoms with Gasteiger partial charge in [0.25, 0.3) is 0 Å². The first-order chi connectivity index (χ1) is 16.8. The molecule has 2 aliphatic rings. The van der Waals surface area contributed by atoms with Gasteiger partial charge in [-0.15, -0.1) is 10.2 Å². The molecule has 1 aliphatic heterocycles.